The molecule has 0 saturated heterocycles. The second-order valence-corrected chi connectivity index (χ2v) is 4.24. The number of hydrogen-bond donors (Lipinski definition) is 2. The highest BCUT2D eigenvalue weighted by atomic mass is 32.2. The molecule has 0 radical (unpaired) electrons. The van der Waals surface area contributed by atoms with E-state index in [0.717, 1.165) is 41.5 Å². The Morgan fingerprint density at radius 2 is 2.13 bits per heavy atom. The van der Waals surface area contributed by atoms with Gasteiger partial charge in [0, 0.05) is 4.90 Å². The largest absolute Gasteiger partial charge is 0.397 e. The minimum absolute atomic E-state index is 0.571. The predicted molar refractivity (Wildman–Crippen MR) is 65.3 cm³/mol. The standard InChI is InChI=1S/C11H15N3S/c1-2-3-4-8-5-9(15-7-12)6-10(13)11(8)14/h5-6H,2-4,13-14H2,1H3. The van der Waals surface area contributed by atoms with Crippen LogP contribution in [0.5, 0.6) is 0 Å². The molecule has 0 amide bonds. The molecule has 1 rings (SSSR count). The molecule has 0 bridgehead atoms. The number of thioether (sulfide) groups is 1. The topological polar surface area (TPSA) is 75.8 Å². The Morgan fingerprint density at radius 1 is 1.40 bits per heavy atom. The molecule has 0 spiro atoms. The lowest BCUT2D eigenvalue weighted by atomic mass is 10.1. The molecule has 1 aromatic carbocycles. The Hall–Kier alpha value is -1.34. The maximum Gasteiger partial charge on any atom is 0.138 e. The number of unbranched alkanes of at least 4 members (excludes halogenated alkanes) is 1. The average Bonchev–Trinajstić information content (AvgIpc) is 2.21. The lowest BCUT2D eigenvalue weighted by Crippen LogP contribution is -2.00. The van der Waals surface area contributed by atoms with E-state index in [9.17, 15) is 0 Å². The molecule has 1 aromatic rings. The van der Waals surface area contributed by atoms with Gasteiger partial charge in [-0.05, 0) is 42.3 Å². The first-order valence-electron chi connectivity index (χ1n) is 4.92. The highest BCUT2D eigenvalue weighted by Crippen LogP contribution is 2.29. The molecule has 3 nitrogen and oxygen atoms in total. The predicted octanol–water partition coefficient (Wildman–Crippen LogP) is 2.77. The highest BCUT2D eigenvalue weighted by molar-refractivity contribution is 8.03. The van der Waals surface area contributed by atoms with Gasteiger partial charge in [-0.15, -0.1) is 0 Å². The summed E-state index contributed by atoms with van der Waals surface area (Å²) >= 11 is 1.12. The van der Waals surface area contributed by atoms with Crippen LogP contribution in [-0.4, -0.2) is 0 Å². The lowest BCUT2D eigenvalue weighted by Gasteiger charge is -2.09. The smallest absolute Gasteiger partial charge is 0.138 e. The molecule has 0 aliphatic heterocycles. The number of nitriles is 1. The van der Waals surface area contributed by atoms with Crippen molar-refractivity contribution in [2.75, 3.05) is 11.5 Å². The zero-order valence-corrected chi connectivity index (χ0v) is 9.60. The molecule has 15 heavy (non-hydrogen) atoms. The van der Waals surface area contributed by atoms with Crippen LogP contribution in [0.25, 0.3) is 0 Å². The summed E-state index contributed by atoms with van der Waals surface area (Å²) in [6, 6.07) is 3.70. The van der Waals surface area contributed by atoms with Gasteiger partial charge >= 0.3 is 0 Å². The van der Waals surface area contributed by atoms with Gasteiger partial charge in [-0.2, -0.15) is 5.26 Å². The first-order chi connectivity index (χ1) is 7.19. The Labute approximate surface area is 94.5 Å². The van der Waals surface area contributed by atoms with Crippen molar-refractivity contribution in [1.29, 1.82) is 5.26 Å². The van der Waals surface area contributed by atoms with Crippen molar-refractivity contribution in [2.24, 2.45) is 0 Å². The fourth-order valence-electron chi connectivity index (χ4n) is 1.39. The summed E-state index contributed by atoms with van der Waals surface area (Å²) in [4.78, 5) is 0.871. The number of benzene rings is 1. The van der Waals surface area contributed by atoms with Gasteiger partial charge in [-0.1, -0.05) is 13.3 Å². The molecule has 4 N–H and O–H groups in total. The maximum atomic E-state index is 8.59. The Bertz CT molecular complexity index is 382. The van der Waals surface area contributed by atoms with Gasteiger partial charge in [0.2, 0.25) is 0 Å². The first-order valence-corrected chi connectivity index (χ1v) is 5.74. The number of aryl methyl sites for hydroxylation is 1. The summed E-state index contributed by atoms with van der Waals surface area (Å²) in [6.07, 6.45) is 3.13. The van der Waals surface area contributed by atoms with Crippen LogP contribution in [0.3, 0.4) is 0 Å². The summed E-state index contributed by atoms with van der Waals surface area (Å²) in [6.45, 7) is 2.13. The second kappa shape index (κ2) is 5.52. The van der Waals surface area contributed by atoms with E-state index < -0.39 is 0 Å². The van der Waals surface area contributed by atoms with Gasteiger partial charge in [0.1, 0.15) is 5.40 Å². The minimum Gasteiger partial charge on any atom is -0.397 e. The third-order valence-corrected chi connectivity index (χ3v) is 2.80. The van der Waals surface area contributed by atoms with Crippen molar-refractivity contribution >= 4 is 23.1 Å². The number of anilines is 2. The van der Waals surface area contributed by atoms with Crippen molar-refractivity contribution in [3.05, 3.63) is 17.7 Å². The molecule has 0 aliphatic carbocycles. The van der Waals surface area contributed by atoms with Gasteiger partial charge in [0.15, 0.2) is 0 Å². The Balaban J connectivity index is 2.97. The van der Waals surface area contributed by atoms with E-state index in [2.05, 4.69) is 6.92 Å². The maximum absolute atomic E-state index is 8.59. The van der Waals surface area contributed by atoms with Gasteiger partial charge in [0.05, 0.1) is 11.4 Å². The van der Waals surface area contributed by atoms with E-state index in [-0.39, 0.29) is 0 Å². The van der Waals surface area contributed by atoms with Crippen LogP contribution in [-0.2, 0) is 6.42 Å². The third-order valence-electron chi connectivity index (χ3n) is 2.23. The van der Waals surface area contributed by atoms with Crippen LogP contribution in [0, 0.1) is 10.7 Å². The first kappa shape index (κ1) is 11.7. The number of nitrogens with zero attached hydrogens (tertiary/aromatic N) is 1. The van der Waals surface area contributed by atoms with E-state index in [1.807, 2.05) is 11.5 Å². The van der Waals surface area contributed by atoms with E-state index in [4.69, 9.17) is 16.7 Å². The molecule has 0 heterocycles. The molecular weight excluding hydrogens is 206 g/mol. The van der Waals surface area contributed by atoms with Crippen LogP contribution in [0.4, 0.5) is 11.4 Å². The molecule has 0 saturated carbocycles. The van der Waals surface area contributed by atoms with E-state index in [1.54, 1.807) is 6.07 Å². The van der Waals surface area contributed by atoms with Crippen molar-refractivity contribution in [2.45, 2.75) is 31.1 Å². The SMILES string of the molecule is CCCCc1cc(SC#N)cc(N)c1N. The van der Waals surface area contributed by atoms with Crippen LogP contribution in [0.2, 0.25) is 0 Å². The molecule has 0 aliphatic rings. The average molecular weight is 221 g/mol. The number of thiocyanates is 1. The molecule has 0 atom stereocenters. The number of nitrogens with two attached hydrogens (primary N) is 2. The van der Waals surface area contributed by atoms with Crippen LogP contribution >= 0.6 is 11.8 Å². The van der Waals surface area contributed by atoms with Gasteiger partial charge < -0.3 is 11.5 Å². The molecule has 0 aromatic heterocycles. The van der Waals surface area contributed by atoms with Crippen molar-refractivity contribution in [3.8, 4) is 5.40 Å². The van der Waals surface area contributed by atoms with Crippen LogP contribution in [0.1, 0.15) is 25.3 Å². The summed E-state index contributed by atoms with van der Waals surface area (Å²) in [5.41, 5.74) is 13.9. The van der Waals surface area contributed by atoms with Crippen LogP contribution in [0.15, 0.2) is 17.0 Å². The summed E-state index contributed by atoms with van der Waals surface area (Å²) in [5, 5.41) is 10.6. The molecule has 0 fully saturated rings. The number of nitrogen functional groups attached to an aromatic ring is 2. The Kier molecular flexibility index (Phi) is 4.32. The molecule has 0 unspecified atom stereocenters. The Morgan fingerprint density at radius 3 is 2.73 bits per heavy atom. The molecule has 80 valence electrons. The lowest BCUT2D eigenvalue weighted by molar-refractivity contribution is 0.795. The van der Waals surface area contributed by atoms with Crippen molar-refractivity contribution in [3.63, 3.8) is 0 Å². The second-order valence-electron chi connectivity index (χ2n) is 3.38. The summed E-state index contributed by atoms with van der Waals surface area (Å²) in [5.74, 6) is 0. The fraction of sp³-hybridized carbons (Fsp3) is 0.364. The zero-order chi connectivity index (χ0) is 11.3. The van der Waals surface area contributed by atoms with Gasteiger partial charge in [-0.3, -0.25) is 0 Å². The summed E-state index contributed by atoms with van der Waals surface area (Å²) in [7, 11) is 0. The highest BCUT2D eigenvalue weighted by Gasteiger charge is 2.06. The monoisotopic (exact) mass is 221 g/mol. The summed E-state index contributed by atoms with van der Waals surface area (Å²) < 4.78 is 0. The fourth-order valence-corrected chi connectivity index (χ4v) is 1.89. The number of hydrogen-bond acceptors (Lipinski definition) is 4. The third kappa shape index (κ3) is 3.07. The normalized spacial score (nSPS) is 9.87. The van der Waals surface area contributed by atoms with Crippen molar-refractivity contribution < 1.29 is 0 Å². The van der Waals surface area contributed by atoms with Crippen molar-refractivity contribution in [1.82, 2.24) is 0 Å². The quantitative estimate of drug-likeness (QED) is 0.465. The van der Waals surface area contributed by atoms with Gasteiger partial charge in [-0.25, -0.2) is 0 Å². The zero-order valence-electron chi connectivity index (χ0n) is 8.79. The number of rotatable bonds is 4. The van der Waals surface area contributed by atoms with E-state index in [0.29, 0.717) is 11.4 Å². The minimum atomic E-state index is 0.571. The van der Waals surface area contributed by atoms with Gasteiger partial charge in [0.25, 0.3) is 0 Å². The molecule has 4 heteroatoms. The van der Waals surface area contributed by atoms with E-state index >= 15 is 0 Å². The van der Waals surface area contributed by atoms with E-state index in [1.165, 1.54) is 0 Å². The molecular formula is C11H15N3S. The van der Waals surface area contributed by atoms with Crippen LogP contribution < -0.4 is 11.5 Å².